The minimum atomic E-state index is 0.545. The van der Waals surface area contributed by atoms with Gasteiger partial charge in [0.25, 0.3) is 0 Å². The van der Waals surface area contributed by atoms with Gasteiger partial charge in [0.1, 0.15) is 12.1 Å². The van der Waals surface area contributed by atoms with E-state index in [1.807, 2.05) is 6.07 Å². The minimum absolute atomic E-state index is 0.545. The molecule has 5 heteroatoms. The molecule has 2 heterocycles. The number of nitrogens with zero attached hydrogens (tertiary/aromatic N) is 3. The Kier molecular flexibility index (Phi) is 4.59. The van der Waals surface area contributed by atoms with Gasteiger partial charge >= 0.3 is 0 Å². The quantitative estimate of drug-likeness (QED) is 0.784. The van der Waals surface area contributed by atoms with Crippen LogP contribution in [0.4, 0.5) is 5.82 Å². The third-order valence-corrected chi connectivity index (χ3v) is 3.68. The van der Waals surface area contributed by atoms with Crippen molar-refractivity contribution in [1.29, 1.82) is 0 Å². The number of aromatic nitrogens is 2. The minimum Gasteiger partial charge on any atom is -0.478 e. The maximum atomic E-state index is 5.53. The number of alkyl halides is 1. The van der Waals surface area contributed by atoms with Crippen molar-refractivity contribution >= 4 is 21.7 Å². The molecule has 0 aromatic carbocycles. The van der Waals surface area contributed by atoms with Gasteiger partial charge in [-0.25, -0.2) is 9.97 Å². The zero-order valence-corrected chi connectivity index (χ0v) is 11.7. The number of halogens is 1. The van der Waals surface area contributed by atoms with Gasteiger partial charge < -0.3 is 9.64 Å². The fraction of sp³-hybridized carbons (Fsp3) is 0.667. The molecule has 0 radical (unpaired) electrons. The van der Waals surface area contributed by atoms with Crippen LogP contribution in [-0.4, -0.2) is 34.5 Å². The van der Waals surface area contributed by atoms with Crippen LogP contribution in [0.3, 0.4) is 0 Å². The van der Waals surface area contributed by atoms with Crippen molar-refractivity contribution in [2.24, 2.45) is 0 Å². The smallest absolute Gasteiger partial charge is 0.218 e. The molecule has 1 unspecified atom stereocenters. The molecule has 17 heavy (non-hydrogen) atoms. The Balaban J connectivity index is 2.09. The van der Waals surface area contributed by atoms with Crippen molar-refractivity contribution in [1.82, 2.24) is 9.97 Å². The summed E-state index contributed by atoms with van der Waals surface area (Å²) >= 11 is 3.56. The van der Waals surface area contributed by atoms with Crippen molar-refractivity contribution in [3.8, 4) is 5.88 Å². The van der Waals surface area contributed by atoms with E-state index >= 15 is 0 Å². The van der Waals surface area contributed by atoms with Gasteiger partial charge in [0.2, 0.25) is 5.88 Å². The molecule has 1 aliphatic heterocycles. The SMILES string of the molecule is CCCOc1cc(N2CCCC2CBr)ncn1. The van der Waals surface area contributed by atoms with E-state index < -0.39 is 0 Å². The third-order valence-electron chi connectivity index (χ3n) is 2.93. The molecule has 0 saturated carbocycles. The van der Waals surface area contributed by atoms with Crippen LogP contribution in [-0.2, 0) is 0 Å². The summed E-state index contributed by atoms with van der Waals surface area (Å²) in [6, 6.07) is 2.49. The van der Waals surface area contributed by atoms with Gasteiger partial charge in [-0.3, -0.25) is 0 Å². The maximum Gasteiger partial charge on any atom is 0.218 e. The monoisotopic (exact) mass is 299 g/mol. The number of hydrogen-bond donors (Lipinski definition) is 0. The van der Waals surface area contributed by atoms with Crippen molar-refractivity contribution in [3.63, 3.8) is 0 Å². The fourth-order valence-electron chi connectivity index (χ4n) is 2.07. The first-order valence-electron chi connectivity index (χ1n) is 6.12. The highest BCUT2D eigenvalue weighted by atomic mass is 79.9. The van der Waals surface area contributed by atoms with E-state index in [-0.39, 0.29) is 0 Å². The van der Waals surface area contributed by atoms with Crippen molar-refractivity contribution < 1.29 is 4.74 Å². The maximum absolute atomic E-state index is 5.53. The zero-order chi connectivity index (χ0) is 12.1. The zero-order valence-electron chi connectivity index (χ0n) is 10.1. The summed E-state index contributed by atoms with van der Waals surface area (Å²) in [4.78, 5) is 10.8. The molecule has 0 N–H and O–H groups in total. The molecule has 0 aliphatic carbocycles. The van der Waals surface area contributed by atoms with E-state index in [0.29, 0.717) is 18.5 Å². The highest BCUT2D eigenvalue weighted by molar-refractivity contribution is 9.09. The second-order valence-electron chi connectivity index (χ2n) is 4.21. The lowest BCUT2D eigenvalue weighted by Gasteiger charge is -2.24. The Hall–Kier alpha value is -0.840. The van der Waals surface area contributed by atoms with Gasteiger partial charge in [0.05, 0.1) is 6.61 Å². The number of rotatable bonds is 5. The fourth-order valence-corrected chi connectivity index (χ4v) is 2.74. The van der Waals surface area contributed by atoms with E-state index in [1.165, 1.54) is 12.8 Å². The molecule has 1 aromatic rings. The van der Waals surface area contributed by atoms with Crippen molar-refractivity contribution in [2.75, 3.05) is 23.4 Å². The predicted molar refractivity (Wildman–Crippen MR) is 72.0 cm³/mol. The van der Waals surface area contributed by atoms with Gasteiger partial charge in [-0.15, -0.1) is 0 Å². The van der Waals surface area contributed by atoms with Crippen LogP contribution in [0.5, 0.6) is 5.88 Å². The van der Waals surface area contributed by atoms with E-state index in [1.54, 1.807) is 6.33 Å². The molecule has 1 fully saturated rings. The van der Waals surface area contributed by atoms with Gasteiger partial charge in [-0.2, -0.15) is 0 Å². The predicted octanol–water partition coefficient (Wildman–Crippen LogP) is 2.63. The van der Waals surface area contributed by atoms with E-state index in [9.17, 15) is 0 Å². The Morgan fingerprint density at radius 2 is 2.41 bits per heavy atom. The first kappa shape index (κ1) is 12.6. The first-order chi connectivity index (χ1) is 8.35. The molecule has 0 amide bonds. The second-order valence-corrected chi connectivity index (χ2v) is 4.85. The van der Waals surface area contributed by atoms with Crippen LogP contribution in [0.1, 0.15) is 26.2 Å². The van der Waals surface area contributed by atoms with Crippen LogP contribution in [0.25, 0.3) is 0 Å². The van der Waals surface area contributed by atoms with Gasteiger partial charge in [0.15, 0.2) is 0 Å². The number of ether oxygens (including phenoxy) is 1. The summed E-state index contributed by atoms with van der Waals surface area (Å²) in [6.45, 7) is 3.86. The summed E-state index contributed by atoms with van der Waals surface area (Å²) in [5, 5.41) is 0.988. The van der Waals surface area contributed by atoms with Gasteiger partial charge in [-0.1, -0.05) is 22.9 Å². The summed E-state index contributed by atoms with van der Waals surface area (Å²) in [5.41, 5.74) is 0. The average molecular weight is 300 g/mol. The second kappa shape index (κ2) is 6.19. The lowest BCUT2D eigenvalue weighted by atomic mass is 10.2. The number of hydrogen-bond acceptors (Lipinski definition) is 4. The first-order valence-corrected chi connectivity index (χ1v) is 7.24. The van der Waals surface area contributed by atoms with Gasteiger partial charge in [-0.05, 0) is 19.3 Å². The lowest BCUT2D eigenvalue weighted by Crippen LogP contribution is -2.31. The summed E-state index contributed by atoms with van der Waals surface area (Å²) in [5.74, 6) is 1.66. The summed E-state index contributed by atoms with van der Waals surface area (Å²) in [6.07, 6.45) is 5.03. The Morgan fingerprint density at radius 3 is 3.18 bits per heavy atom. The molecule has 4 nitrogen and oxygen atoms in total. The Bertz CT molecular complexity index is 361. The highest BCUT2D eigenvalue weighted by Gasteiger charge is 2.24. The van der Waals surface area contributed by atoms with Crippen molar-refractivity contribution in [3.05, 3.63) is 12.4 Å². The molecule has 94 valence electrons. The van der Waals surface area contributed by atoms with Crippen molar-refractivity contribution in [2.45, 2.75) is 32.2 Å². The molecule has 0 spiro atoms. The topological polar surface area (TPSA) is 38.2 Å². The molecular formula is C12H18BrN3O. The van der Waals surface area contributed by atoms with Crippen LogP contribution in [0.2, 0.25) is 0 Å². The van der Waals surface area contributed by atoms with Crippen LogP contribution in [0.15, 0.2) is 12.4 Å². The van der Waals surface area contributed by atoms with Gasteiger partial charge in [0, 0.05) is 24.0 Å². The highest BCUT2D eigenvalue weighted by Crippen LogP contribution is 2.26. The van der Waals surface area contributed by atoms with Crippen LogP contribution in [0, 0.1) is 0 Å². The van der Waals surface area contributed by atoms with Crippen LogP contribution < -0.4 is 9.64 Å². The largest absolute Gasteiger partial charge is 0.478 e. The third kappa shape index (κ3) is 3.09. The molecule has 1 saturated heterocycles. The molecular weight excluding hydrogens is 282 g/mol. The van der Waals surface area contributed by atoms with E-state index in [4.69, 9.17) is 4.74 Å². The summed E-state index contributed by atoms with van der Waals surface area (Å²) in [7, 11) is 0. The standard InChI is InChI=1S/C12H18BrN3O/c1-2-6-17-12-7-11(14-9-15-12)16-5-3-4-10(16)8-13/h7,9-10H,2-6,8H2,1H3. The Morgan fingerprint density at radius 1 is 1.53 bits per heavy atom. The van der Waals surface area contributed by atoms with Crippen LogP contribution >= 0.6 is 15.9 Å². The normalized spacial score (nSPS) is 19.6. The molecule has 1 atom stereocenters. The Labute approximate surface area is 111 Å². The molecule has 1 aliphatic rings. The molecule has 2 rings (SSSR count). The molecule has 0 bridgehead atoms. The average Bonchev–Trinajstić information content (AvgIpc) is 2.85. The number of anilines is 1. The van der Waals surface area contributed by atoms with E-state index in [2.05, 4.69) is 37.7 Å². The summed E-state index contributed by atoms with van der Waals surface area (Å²) < 4.78 is 5.53. The lowest BCUT2D eigenvalue weighted by molar-refractivity contribution is 0.304. The van der Waals surface area contributed by atoms with E-state index in [0.717, 1.165) is 24.1 Å². The molecule has 1 aromatic heterocycles.